The number of benzene rings is 2. The van der Waals surface area contributed by atoms with E-state index in [0.717, 1.165) is 5.56 Å². The summed E-state index contributed by atoms with van der Waals surface area (Å²) in [6, 6.07) is 18.7. The Hall–Kier alpha value is -4.05. The van der Waals surface area contributed by atoms with Crippen molar-refractivity contribution in [2.24, 2.45) is 0 Å². The Labute approximate surface area is 151 Å². The van der Waals surface area contributed by atoms with Crippen LogP contribution in [0.5, 0.6) is 0 Å². The molecule has 0 radical (unpaired) electrons. The summed E-state index contributed by atoms with van der Waals surface area (Å²) in [5, 5.41) is 17.4. The first kappa shape index (κ1) is 15.5. The molecule has 0 spiro atoms. The highest BCUT2D eigenvalue weighted by Crippen LogP contribution is 2.28. The molecule has 0 aliphatic heterocycles. The third-order valence-corrected chi connectivity index (χ3v) is 3.77. The van der Waals surface area contributed by atoms with Crippen LogP contribution in [-0.4, -0.2) is 20.2 Å². The molecule has 0 fully saturated rings. The van der Waals surface area contributed by atoms with Crippen LogP contribution >= 0.6 is 0 Å². The Morgan fingerprint density at radius 2 is 1.69 bits per heavy atom. The molecule has 26 heavy (non-hydrogen) atoms. The van der Waals surface area contributed by atoms with Crippen LogP contribution in [0.4, 0.5) is 5.82 Å². The summed E-state index contributed by atoms with van der Waals surface area (Å²) < 4.78 is 5.71. The van der Waals surface area contributed by atoms with Gasteiger partial charge in [0, 0.05) is 14.0 Å². The normalized spacial score (nSPS) is 10.4. The number of rotatable bonds is 3. The lowest BCUT2D eigenvalue weighted by atomic mass is 10.1. The summed E-state index contributed by atoms with van der Waals surface area (Å²) in [6.07, 6.45) is 1.52. The number of nitrogens with two attached hydrogens (primary N) is 1. The smallest absolute Gasteiger partial charge is 0.270 e. The fraction of sp³-hybridized carbons (Fsp3) is 0. The van der Waals surface area contributed by atoms with Crippen LogP contribution in [0.15, 0.2) is 65.2 Å². The maximum Gasteiger partial charge on any atom is 0.270 e. The van der Waals surface area contributed by atoms with E-state index in [2.05, 4.69) is 26.2 Å². The molecule has 4 aromatic rings. The Bertz CT molecular complexity index is 1120. The van der Waals surface area contributed by atoms with Gasteiger partial charge in [-0.2, -0.15) is 5.26 Å². The minimum atomic E-state index is 0. The molecule has 2 aromatic carbocycles. The van der Waals surface area contributed by atoms with Gasteiger partial charge in [0.1, 0.15) is 0 Å². The highest BCUT2D eigenvalue weighted by molar-refractivity contribution is 5.72. The fourth-order valence-corrected chi connectivity index (χ4v) is 2.51. The Kier molecular flexibility index (Phi) is 3.84. The zero-order valence-electron chi connectivity index (χ0n) is 13.5. The minimum Gasteiger partial charge on any atom is -0.414 e. The lowest BCUT2D eigenvalue weighted by Crippen LogP contribution is -1.99. The number of anilines is 1. The van der Waals surface area contributed by atoms with E-state index in [-0.39, 0.29) is 20.3 Å². The van der Waals surface area contributed by atoms with E-state index in [4.69, 9.17) is 10.2 Å². The lowest BCUT2D eigenvalue weighted by molar-refractivity contribution is 0.582. The molecule has 0 unspecified atom stereocenters. The fourth-order valence-electron chi connectivity index (χ4n) is 2.51. The molecule has 2 aromatic heterocycles. The first-order valence-corrected chi connectivity index (χ1v) is 7.77. The Balaban J connectivity index is 0.00000140. The Morgan fingerprint density at radius 3 is 2.50 bits per heavy atom. The highest BCUT2D eigenvalue weighted by atomic mass is 16.4. The highest BCUT2D eigenvalue weighted by Gasteiger charge is 2.17. The maximum absolute atomic E-state index is 9.29. The molecule has 0 aliphatic rings. The predicted molar refractivity (Wildman–Crippen MR) is 99.6 cm³/mol. The summed E-state index contributed by atoms with van der Waals surface area (Å²) in [7, 11) is 0. The van der Waals surface area contributed by atoms with Crippen LogP contribution in [0.2, 0.25) is 0 Å². The van der Waals surface area contributed by atoms with Gasteiger partial charge in [-0.1, -0.05) is 36.4 Å². The van der Waals surface area contributed by atoms with Crippen molar-refractivity contribution in [3.63, 3.8) is 0 Å². The molecule has 0 saturated heterocycles. The molecular weight excluding hydrogens is 328 g/mol. The number of nitrogens with zero attached hydrogens (tertiary/aromatic N) is 5. The third kappa shape index (κ3) is 2.76. The average Bonchev–Trinajstić information content (AvgIpc) is 3.19. The molecule has 7 nitrogen and oxygen atoms in total. The molecular formula is C19H16N6O. The summed E-state index contributed by atoms with van der Waals surface area (Å²) in [4.78, 5) is 8.66. The van der Waals surface area contributed by atoms with Crippen LogP contribution in [-0.2, 0) is 0 Å². The van der Waals surface area contributed by atoms with Gasteiger partial charge in [0.15, 0.2) is 11.5 Å². The number of hydrogen-bond acceptors (Lipinski definition) is 7. The second kappa shape index (κ2) is 6.45. The molecule has 0 bridgehead atoms. The van der Waals surface area contributed by atoms with Gasteiger partial charge in [0.25, 0.3) is 5.89 Å². The van der Waals surface area contributed by atoms with E-state index in [1.807, 2.05) is 36.4 Å². The molecule has 0 saturated carbocycles. The van der Waals surface area contributed by atoms with E-state index in [0.29, 0.717) is 22.7 Å². The van der Waals surface area contributed by atoms with Crippen molar-refractivity contribution in [3.05, 3.63) is 66.4 Å². The first-order chi connectivity index (χ1) is 12.8. The summed E-state index contributed by atoms with van der Waals surface area (Å²) >= 11 is 0. The van der Waals surface area contributed by atoms with Gasteiger partial charge in [0.05, 0.1) is 23.5 Å². The van der Waals surface area contributed by atoms with Crippen molar-refractivity contribution < 1.29 is 7.27 Å². The monoisotopic (exact) mass is 344 g/mol. The van der Waals surface area contributed by atoms with Crippen molar-refractivity contribution >= 4 is 5.82 Å². The van der Waals surface area contributed by atoms with Crippen molar-refractivity contribution in [3.8, 4) is 40.4 Å². The first-order valence-electron chi connectivity index (χ1n) is 7.77. The van der Waals surface area contributed by atoms with Crippen LogP contribution in [0.1, 0.15) is 8.42 Å². The van der Waals surface area contributed by atoms with E-state index in [1.165, 1.54) is 6.20 Å². The van der Waals surface area contributed by atoms with Crippen LogP contribution in [0.25, 0.3) is 34.3 Å². The van der Waals surface area contributed by atoms with E-state index >= 15 is 0 Å². The molecule has 128 valence electrons. The van der Waals surface area contributed by atoms with Crippen LogP contribution < -0.4 is 5.73 Å². The van der Waals surface area contributed by atoms with Crippen molar-refractivity contribution in [2.45, 2.75) is 0 Å². The zero-order chi connectivity index (χ0) is 17.9. The quantitative estimate of drug-likeness (QED) is 0.601. The lowest BCUT2D eigenvalue weighted by Gasteiger charge is -2.05. The summed E-state index contributed by atoms with van der Waals surface area (Å²) in [5.74, 6) is 0.709. The number of aromatic nitrogens is 4. The van der Waals surface area contributed by atoms with Crippen molar-refractivity contribution in [2.75, 3.05) is 5.73 Å². The third-order valence-electron chi connectivity index (χ3n) is 3.77. The summed E-state index contributed by atoms with van der Waals surface area (Å²) in [5.41, 5.74) is 8.69. The number of nitrogen functional groups attached to an aromatic ring is 1. The average molecular weight is 344 g/mol. The largest absolute Gasteiger partial charge is 0.414 e. The van der Waals surface area contributed by atoms with Crippen molar-refractivity contribution in [1.82, 2.24) is 20.2 Å². The predicted octanol–water partition coefficient (Wildman–Crippen LogP) is 3.81. The van der Waals surface area contributed by atoms with Crippen LogP contribution in [0, 0.1) is 11.3 Å². The van der Waals surface area contributed by atoms with Gasteiger partial charge in [-0.25, -0.2) is 9.97 Å². The molecule has 0 atom stereocenters. The van der Waals surface area contributed by atoms with E-state index in [1.54, 1.807) is 18.2 Å². The van der Waals surface area contributed by atoms with Gasteiger partial charge in [0.2, 0.25) is 5.89 Å². The van der Waals surface area contributed by atoms with Gasteiger partial charge in [-0.3, -0.25) is 0 Å². The van der Waals surface area contributed by atoms with Gasteiger partial charge in [-0.15, -0.1) is 10.2 Å². The number of nitriles is 1. The van der Waals surface area contributed by atoms with Gasteiger partial charge in [-0.05, 0) is 18.2 Å². The molecule has 0 aliphatic carbocycles. The van der Waals surface area contributed by atoms with E-state index in [9.17, 15) is 5.26 Å². The number of hydrogen-bond donors (Lipinski definition) is 1. The maximum atomic E-state index is 9.29. The van der Waals surface area contributed by atoms with Crippen molar-refractivity contribution in [1.29, 1.82) is 5.26 Å². The molecule has 7 heteroatoms. The second-order valence-electron chi connectivity index (χ2n) is 5.42. The minimum absolute atomic E-state index is 0. The SMILES string of the molecule is N#Cc1ccccc1-c1cnc(N)c(-c2nnc(-c3ccccc3)o2)n1.[HH].[HH]. The summed E-state index contributed by atoms with van der Waals surface area (Å²) in [6.45, 7) is 0. The van der Waals surface area contributed by atoms with Gasteiger partial charge < -0.3 is 10.2 Å². The molecule has 4 rings (SSSR count). The standard InChI is InChI=1S/C19H12N6O.2H2/c20-10-13-8-4-5-9-14(13)15-11-22-17(21)16(23-15)19-25-24-18(26-19)12-6-2-1-3-7-12;;/h1-9,11H,(H2,21,22);2*1H. The molecule has 0 amide bonds. The van der Waals surface area contributed by atoms with Crippen LogP contribution in [0.3, 0.4) is 0 Å². The van der Waals surface area contributed by atoms with E-state index < -0.39 is 0 Å². The Morgan fingerprint density at radius 1 is 0.962 bits per heavy atom. The zero-order valence-corrected chi connectivity index (χ0v) is 13.5. The molecule has 2 N–H and O–H groups in total. The van der Waals surface area contributed by atoms with Gasteiger partial charge >= 0.3 is 0 Å². The molecule has 2 heterocycles. The second-order valence-corrected chi connectivity index (χ2v) is 5.42. The topological polar surface area (TPSA) is 115 Å².